The molecule has 0 bridgehead atoms. The molecule has 0 aliphatic heterocycles. The maximum absolute atomic E-state index is 11.8. The van der Waals surface area contributed by atoms with Crippen LogP contribution in [0.15, 0.2) is 24.3 Å². The van der Waals surface area contributed by atoms with Crippen molar-refractivity contribution in [2.24, 2.45) is 0 Å². The van der Waals surface area contributed by atoms with Gasteiger partial charge in [-0.1, -0.05) is 17.7 Å². The predicted molar refractivity (Wildman–Crippen MR) is 87.8 cm³/mol. The Morgan fingerprint density at radius 2 is 1.95 bits per heavy atom. The lowest BCUT2D eigenvalue weighted by Crippen LogP contribution is -2.48. The molecule has 1 atom stereocenters. The Bertz CT molecular complexity index is 445. The molecule has 0 saturated heterocycles. The maximum Gasteiger partial charge on any atom is 0.325 e. The molecule has 1 aromatic rings. The van der Waals surface area contributed by atoms with E-state index in [1.807, 2.05) is 6.92 Å². The number of nitrogens with one attached hydrogen (secondary N) is 1. The van der Waals surface area contributed by atoms with Crippen molar-refractivity contribution in [1.29, 1.82) is 0 Å². The van der Waals surface area contributed by atoms with E-state index in [-0.39, 0.29) is 5.97 Å². The summed E-state index contributed by atoms with van der Waals surface area (Å²) >= 11 is 0. The summed E-state index contributed by atoms with van der Waals surface area (Å²) in [5, 5.41) is 3.08. The van der Waals surface area contributed by atoms with E-state index >= 15 is 0 Å². The zero-order valence-electron chi connectivity index (χ0n) is 13.9. The van der Waals surface area contributed by atoms with Crippen molar-refractivity contribution in [2.45, 2.75) is 39.2 Å². The first-order valence-corrected chi connectivity index (χ1v) is 7.55. The molecule has 0 spiro atoms. The van der Waals surface area contributed by atoms with Gasteiger partial charge in [-0.2, -0.15) is 0 Å². The Kier molecular flexibility index (Phi) is 6.69. The van der Waals surface area contributed by atoms with Crippen LogP contribution in [0.2, 0.25) is 0 Å². The Morgan fingerprint density at radius 1 is 1.33 bits per heavy atom. The summed E-state index contributed by atoms with van der Waals surface area (Å²) in [6.07, 6.45) is 1.67. The number of rotatable bonds is 8. The number of likely N-dealkylation sites (N-methyl/N-ethyl adjacent to an activating group) is 1. The summed E-state index contributed by atoms with van der Waals surface area (Å²) < 4.78 is 4.87. The van der Waals surface area contributed by atoms with Crippen LogP contribution in [0.5, 0.6) is 0 Å². The number of hydrogen-bond acceptors (Lipinski definition) is 4. The number of esters is 1. The third kappa shape index (κ3) is 4.74. The van der Waals surface area contributed by atoms with Gasteiger partial charge in [0.15, 0.2) is 0 Å². The zero-order valence-corrected chi connectivity index (χ0v) is 13.9. The maximum atomic E-state index is 11.8. The lowest BCUT2D eigenvalue weighted by molar-refractivity contribution is -0.148. The first-order chi connectivity index (χ1) is 9.96. The number of anilines is 1. The Hall–Kier alpha value is -1.55. The van der Waals surface area contributed by atoms with Crippen molar-refractivity contribution in [1.82, 2.24) is 5.32 Å². The SMILES string of the molecule is CCN(CCCC(C)(NC)C(=O)OC)c1ccc(C)cc1. The fraction of sp³-hybridized carbons (Fsp3) is 0.588. The molecular weight excluding hydrogens is 264 g/mol. The molecule has 0 heterocycles. The second kappa shape index (κ2) is 8.03. The average Bonchev–Trinajstić information content (AvgIpc) is 2.51. The summed E-state index contributed by atoms with van der Waals surface area (Å²) in [6.45, 7) is 8.01. The molecule has 4 heteroatoms. The minimum Gasteiger partial charge on any atom is -0.468 e. The molecule has 1 rings (SSSR count). The summed E-state index contributed by atoms with van der Waals surface area (Å²) in [6, 6.07) is 8.56. The molecule has 1 unspecified atom stereocenters. The molecule has 118 valence electrons. The van der Waals surface area contributed by atoms with E-state index in [0.29, 0.717) is 0 Å². The predicted octanol–water partition coefficient (Wildman–Crippen LogP) is 2.75. The number of methoxy groups -OCH3 is 1. The second-order valence-corrected chi connectivity index (χ2v) is 5.59. The summed E-state index contributed by atoms with van der Waals surface area (Å²) in [5.41, 5.74) is 1.89. The summed E-state index contributed by atoms with van der Waals surface area (Å²) in [5.74, 6) is -0.205. The fourth-order valence-corrected chi connectivity index (χ4v) is 2.40. The van der Waals surface area contributed by atoms with E-state index in [1.54, 1.807) is 7.05 Å². The quantitative estimate of drug-likeness (QED) is 0.748. The van der Waals surface area contributed by atoms with Crippen LogP contribution in [-0.4, -0.2) is 38.8 Å². The van der Waals surface area contributed by atoms with Crippen molar-refractivity contribution in [2.75, 3.05) is 32.1 Å². The normalized spacial score (nSPS) is 13.6. The van der Waals surface area contributed by atoms with Crippen molar-refractivity contribution in [3.05, 3.63) is 29.8 Å². The monoisotopic (exact) mass is 292 g/mol. The highest BCUT2D eigenvalue weighted by atomic mass is 16.5. The number of aryl methyl sites for hydroxylation is 1. The van der Waals surface area contributed by atoms with Gasteiger partial charge < -0.3 is 15.0 Å². The van der Waals surface area contributed by atoms with Gasteiger partial charge in [0.1, 0.15) is 5.54 Å². The standard InChI is InChI=1S/C17H28N2O2/c1-6-19(15-10-8-14(2)9-11-15)13-7-12-17(3,18-4)16(20)21-5/h8-11,18H,6-7,12-13H2,1-5H3. The lowest BCUT2D eigenvalue weighted by atomic mass is 9.96. The van der Waals surface area contributed by atoms with Gasteiger partial charge in [0.2, 0.25) is 0 Å². The number of hydrogen-bond donors (Lipinski definition) is 1. The number of carbonyl (C=O) groups excluding carboxylic acids is 1. The van der Waals surface area contributed by atoms with Crippen LogP contribution >= 0.6 is 0 Å². The largest absolute Gasteiger partial charge is 0.468 e. The molecule has 0 radical (unpaired) electrons. The van der Waals surface area contributed by atoms with Crippen LogP contribution in [0.1, 0.15) is 32.3 Å². The van der Waals surface area contributed by atoms with Gasteiger partial charge in [-0.3, -0.25) is 4.79 Å². The molecule has 0 aliphatic carbocycles. The lowest BCUT2D eigenvalue weighted by Gasteiger charge is -2.28. The molecule has 0 fully saturated rings. The van der Waals surface area contributed by atoms with Crippen molar-refractivity contribution in [3.63, 3.8) is 0 Å². The van der Waals surface area contributed by atoms with Gasteiger partial charge in [0.25, 0.3) is 0 Å². The van der Waals surface area contributed by atoms with Gasteiger partial charge in [-0.15, -0.1) is 0 Å². The number of nitrogens with zero attached hydrogens (tertiary/aromatic N) is 1. The first kappa shape index (κ1) is 17.5. The van der Waals surface area contributed by atoms with Crippen LogP contribution < -0.4 is 10.2 Å². The topological polar surface area (TPSA) is 41.6 Å². The van der Waals surface area contributed by atoms with Crippen molar-refractivity contribution in [3.8, 4) is 0 Å². The molecule has 4 nitrogen and oxygen atoms in total. The van der Waals surface area contributed by atoms with E-state index in [2.05, 4.69) is 48.3 Å². The molecule has 0 saturated carbocycles. The van der Waals surface area contributed by atoms with E-state index in [9.17, 15) is 4.79 Å². The highest BCUT2D eigenvalue weighted by Crippen LogP contribution is 2.18. The van der Waals surface area contributed by atoms with Crippen molar-refractivity contribution < 1.29 is 9.53 Å². The highest BCUT2D eigenvalue weighted by molar-refractivity contribution is 5.80. The fourth-order valence-electron chi connectivity index (χ4n) is 2.40. The number of carbonyl (C=O) groups is 1. The Morgan fingerprint density at radius 3 is 2.43 bits per heavy atom. The van der Waals surface area contributed by atoms with E-state index in [1.165, 1.54) is 18.4 Å². The molecule has 0 aromatic heterocycles. The third-order valence-corrected chi connectivity index (χ3v) is 4.07. The van der Waals surface area contributed by atoms with Crippen LogP contribution in [-0.2, 0) is 9.53 Å². The van der Waals surface area contributed by atoms with Gasteiger partial charge >= 0.3 is 5.97 Å². The summed E-state index contributed by atoms with van der Waals surface area (Å²) in [4.78, 5) is 14.1. The molecule has 0 amide bonds. The molecular formula is C17H28N2O2. The number of benzene rings is 1. The summed E-state index contributed by atoms with van der Waals surface area (Å²) in [7, 11) is 3.23. The van der Waals surface area contributed by atoms with Crippen LogP contribution in [0, 0.1) is 6.92 Å². The first-order valence-electron chi connectivity index (χ1n) is 7.55. The Labute approximate surface area is 128 Å². The smallest absolute Gasteiger partial charge is 0.325 e. The molecule has 1 N–H and O–H groups in total. The van der Waals surface area contributed by atoms with Crippen LogP contribution in [0.25, 0.3) is 0 Å². The van der Waals surface area contributed by atoms with Gasteiger partial charge in [-0.05, 0) is 52.8 Å². The second-order valence-electron chi connectivity index (χ2n) is 5.59. The highest BCUT2D eigenvalue weighted by Gasteiger charge is 2.31. The average molecular weight is 292 g/mol. The van der Waals surface area contributed by atoms with Gasteiger partial charge in [-0.25, -0.2) is 0 Å². The van der Waals surface area contributed by atoms with Gasteiger partial charge in [0.05, 0.1) is 7.11 Å². The van der Waals surface area contributed by atoms with E-state index in [0.717, 1.165) is 25.9 Å². The minimum absolute atomic E-state index is 0.205. The third-order valence-electron chi connectivity index (χ3n) is 4.07. The van der Waals surface area contributed by atoms with E-state index < -0.39 is 5.54 Å². The van der Waals surface area contributed by atoms with Crippen LogP contribution in [0.3, 0.4) is 0 Å². The Balaban J connectivity index is 2.59. The van der Waals surface area contributed by atoms with Crippen LogP contribution in [0.4, 0.5) is 5.69 Å². The minimum atomic E-state index is -0.610. The molecule has 21 heavy (non-hydrogen) atoms. The van der Waals surface area contributed by atoms with Crippen molar-refractivity contribution >= 4 is 11.7 Å². The van der Waals surface area contributed by atoms with E-state index in [4.69, 9.17) is 4.74 Å². The van der Waals surface area contributed by atoms with Gasteiger partial charge in [0, 0.05) is 18.8 Å². The molecule has 0 aliphatic rings. The zero-order chi connectivity index (χ0) is 15.9. The number of ether oxygens (including phenoxy) is 1. The molecule has 1 aromatic carbocycles.